The van der Waals surface area contributed by atoms with Gasteiger partial charge in [-0.05, 0) is 74.2 Å². The Hall–Kier alpha value is -2.91. The van der Waals surface area contributed by atoms with Gasteiger partial charge in [-0.15, -0.1) is 0 Å². The highest BCUT2D eigenvalue weighted by atomic mass is 32.2. The number of carbonyl (C=O) groups excluding carboxylic acids is 2. The second-order valence-corrected chi connectivity index (χ2v) is 10.2. The van der Waals surface area contributed by atoms with Gasteiger partial charge >= 0.3 is 0 Å². The molecule has 0 spiro atoms. The summed E-state index contributed by atoms with van der Waals surface area (Å²) >= 11 is 0. The first kappa shape index (κ1) is 23.3. The number of hydrogen-bond donors (Lipinski definition) is 1. The van der Waals surface area contributed by atoms with Crippen LogP contribution in [0.1, 0.15) is 38.2 Å². The molecule has 1 saturated heterocycles. The number of nitrogens with zero attached hydrogens (tertiary/aromatic N) is 2. The Balaban J connectivity index is 1.49. The number of nitrogens with one attached hydrogen (secondary N) is 1. The van der Waals surface area contributed by atoms with E-state index in [2.05, 4.69) is 5.32 Å². The van der Waals surface area contributed by atoms with Crippen LogP contribution >= 0.6 is 0 Å². The summed E-state index contributed by atoms with van der Waals surface area (Å²) in [6, 6.07) is 11.9. The lowest BCUT2D eigenvalue weighted by Crippen LogP contribution is -2.41. The molecule has 2 amide bonds. The number of anilines is 2. The molecular weight excluding hydrogens is 442 g/mol. The normalized spacial score (nSPS) is 16.9. The molecule has 2 heterocycles. The van der Waals surface area contributed by atoms with Gasteiger partial charge in [0.15, 0.2) is 0 Å². The quantitative estimate of drug-likeness (QED) is 0.669. The first-order chi connectivity index (χ1) is 15.9. The van der Waals surface area contributed by atoms with Crippen molar-refractivity contribution in [2.75, 3.05) is 36.5 Å². The molecule has 33 heavy (non-hydrogen) atoms. The molecule has 0 saturated carbocycles. The van der Waals surface area contributed by atoms with Crippen molar-refractivity contribution in [1.29, 1.82) is 0 Å². The van der Waals surface area contributed by atoms with E-state index in [1.807, 2.05) is 6.92 Å². The molecule has 0 unspecified atom stereocenters. The first-order valence-electron chi connectivity index (χ1n) is 11.3. The molecule has 1 N–H and O–H groups in total. The maximum Gasteiger partial charge on any atom is 0.244 e. The Kier molecular flexibility index (Phi) is 6.99. The Morgan fingerprint density at radius 1 is 1.03 bits per heavy atom. The highest BCUT2D eigenvalue weighted by molar-refractivity contribution is 7.89. The smallest absolute Gasteiger partial charge is 0.244 e. The second-order valence-electron chi connectivity index (χ2n) is 8.24. The maximum atomic E-state index is 13.0. The van der Waals surface area contributed by atoms with E-state index in [9.17, 15) is 18.0 Å². The molecule has 8 nitrogen and oxygen atoms in total. The number of sulfonamides is 1. The number of rotatable bonds is 7. The molecule has 0 aliphatic carbocycles. The molecular formula is C24H29N3O5S. The van der Waals surface area contributed by atoms with Crippen LogP contribution in [0.25, 0.3) is 0 Å². The lowest BCUT2D eigenvalue weighted by molar-refractivity contribution is -0.121. The fourth-order valence-electron chi connectivity index (χ4n) is 4.27. The Labute approximate surface area is 194 Å². The minimum atomic E-state index is -3.56. The van der Waals surface area contributed by atoms with E-state index >= 15 is 0 Å². The largest absolute Gasteiger partial charge is 0.494 e. The molecule has 0 aromatic heterocycles. The number of amides is 2. The molecule has 0 atom stereocenters. The van der Waals surface area contributed by atoms with Gasteiger partial charge in [0, 0.05) is 30.9 Å². The monoisotopic (exact) mass is 471 g/mol. The Morgan fingerprint density at radius 2 is 1.76 bits per heavy atom. The van der Waals surface area contributed by atoms with Crippen LogP contribution in [0, 0.1) is 0 Å². The second kappa shape index (κ2) is 9.93. The van der Waals surface area contributed by atoms with Crippen molar-refractivity contribution in [3.8, 4) is 5.75 Å². The average molecular weight is 472 g/mol. The van der Waals surface area contributed by atoms with Gasteiger partial charge in [-0.3, -0.25) is 9.59 Å². The van der Waals surface area contributed by atoms with Crippen LogP contribution in [0.15, 0.2) is 47.4 Å². The third-order valence-corrected chi connectivity index (χ3v) is 7.85. The summed E-state index contributed by atoms with van der Waals surface area (Å²) in [6.07, 6.45) is 3.48. The van der Waals surface area contributed by atoms with Crippen LogP contribution in [-0.4, -0.2) is 50.8 Å². The summed E-state index contributed by atoms with van der Waals surface area (Å²) in [7, 11) is -3.56. The van der Waals surface area contributed by atoms with Crippen molar-refractivity contribution < 1.29 is 22.7 Å². The summed E-state index contributed by atoms with van der Waals surface area (Å²) in [4.78, 5) is 26.9. The highest BCUT2D eigenvalue weighted by Gasteiger charge is 2.30. The lowest BCUT2D eigenvalue weighted by Gasteiger charge is -2.30. The van der Waals surface area contributed by atoms with Crippen LogP contribution in [0.3, 0.4) is 0 Å². The van der Waals surface area contributed by atoms with E-state index in [1.54, 1.807) is 42.5 Å². The number of piperidine rings is 1. The lowest BCUT2D eigenvalue weighted by atomic mass is 10.0. The number of fused-ring (bicyclic) bond motifs is 1. The zero-order valence-electron chi connectivity index (χ0n) is 18.7. The van der Waals surface area contributed by atoms with Gasteiger partial charge < -0.3 is 15.0 Å². The molecule has 9 heteroatoms. The van der Waals surface area contributed by atoms with Crippen molar-refractivity contribution in [3.05, 3.63) is 48.0 Å². The van der Waals surface area contributed by atoms with Gasteiger partial charge in [0.2, 0.25) is 21.8 Å². The van der Waals surface area contributed by atoms with Crippen molar-refractivity contribution in [2.24, 2.45) is 0 Å². The topological polar surface area (TPSA) is 96.0 Å². The number of benzene rings is 2. The number of carbonyl (C=O) groups is 2. The van der Waals surface area contributed by atoms with Crippen molar-refractivity contribution >= 4 is 33.2 Å². The average Bonchev–Trinajstić information content (AvgIpc) is 2.82. The van der Waals surface area contributed by atoms with Gasteiger partial charge in [-0.2, -0.15) is 4.31 Å². The third-order valence-electron chi connectivity index (χ3n) is 5.95. The van der Waals surface area contributed by atoms with E-state index in [-0.39, 0.29) is 29.7 Å². The fourth-order valence-corrected chi connectivity index (χ4v) is 5.84. The van der Waals surface area contributed by atoms with Crippen LogP contribution < -0.4 is 15.0 Å². The summed E-state index contributed by atoms with van der Waals surface area (Å²) in [5.74, 6) is 0.229. The number of hydrogen-bond acceptors (Lipinski definition) is 5. The molecule has 0 bridgehead atoms. The summed E-state index contributed by atoms with van der Waals surface area (Å²) in [5, 5.41) is 2.80. The van der Waals surface area contributed by atoms with Gasteiger partial charge in [0.1, 0.15) is 12.3 Å². The summed E-state index contributed by atoms with van der Waals surface area (Å²) < 4.78 is 33.0. The Bertz CT molecular complexity index is 1130. The molecule has 176 valence electrons. The zero-order valence-corrected chi connectivity index (χ0v) is 19.6. The SMILES string of the molecule is CCOc1ccc(NC(=O)CN2C(=O)CCc3cc(S(=O)(=O)N4CCCCC4)ccc32)cc1. The molecule has 2 aliphatic rings. The van der Waals surface area contributed by atoms with Crippen LogP contribution in [-0.2, 0) is 26.0 Å². The van der Waals surface area contributed by atoms with E-state index in [0.29, 0.717) is 43.2 Å². The molecule has 2 aromatic rings. The Morgan fingerprint density at radius 3 is 2.45 bits per heavy atom. The van der Waals surface area contributed by atoms with E-state index < -0.39 is 10.0 Å². The van der Waals surface area contributed by atoms with Gasteiger partial charge in [-0.1, -0.05) is 6.42 Å². The number of ether oxygens (including phenoxy) is 1. The van der Waals surface area contributed by atoms with Gasteiger partial charge in [0.05, 0.1) is 11.5 Å². The van der Waals surface area contributed by atoms with E-state index in [0.717, 1.165) is 24.8 Å². The third kappa shape index (κ3) is 5.20. The standard InChI is InChI=1S/C24H29N3O5S/c1-2-32-20-9-7-19(8-10-20)25-23(28)17-27-22-12-11-21(16-18(22)6-13-24(27)29)33(30,31)26-14-4-3-5-15-26/h7-12,16H,2-6,13-15,17H2,1H3,(H,25,28). The van der Waals surface area contributed by atoms with Crippen molar-refractivity contribution in [1.82, 2.24) is 4.31 Å². The summed E-state index contributed by atoms with van der Waals surface area (Å²) in [5.41, 5.74) is 1.96. The minimum Gasteiger partial charge on any atom is -0.494 e. The maximum absolute atomic E-state index is 13.0. The first-order valence-corrected chi connectivity index (χ1v) is 12.8. The fraction of sp³-hybridized carbons (Fsp3) is 0.417. The molecule has 1 fully saturated rings. The van der Waals surface area contributed by atoms with E-state index in [4.69, 9.17) is 4.74 Å². The van der Waals surface area contributed by atoms with Crippen molar-refractivity contribution in [2.45, 2.75) is 43.9 Å². The molecule has 4 rings (SSSR count). The van der Waals surface area contributed by atoms with Crippen LogP contribution in [0.4, 0.5) is 11.4 Å². The van der Waals surface area contributed by atoms with Crippen LogP contribution in [0.5, 0.6) is 5.75 Å². The predicted molar refractivity (Wildman–Crippen MR) is 126 cm³/mol. The summed E-state index contributed by atoms with van der Waals surface area (Å²) in [6.45, 7) is 3.39. The van der Waals surface area contributed by atoms with Crippen molar-refractivity contribution in [3.63, 3.8) is 0 Å². The van der Waals surface area contributed by atoms with Crippen LogP contribution in [0.2, 0.25) is 0 Å². The predicted octanol–water partition coefficient (Wildman–Crippen LogP) is 3.18. The minimum absolute atomic E-state index is 0.142. The molecule has 2 aliphatic heterocycles. The molecule has 0 radical (unpaired) electrons. The van der Waals surface area contributed by atoms with Gasteiger partial charge in [0.25, 0.3) is 0 Å². The zero-order chi connectivity index (χ0) is 23.4. The van der Waals surface area contributed by atoms with Gasteiger partial charge in [-0.25, -0.2) is 8.42 Å². The highest BCUT2D eigenvalue weighted by Crippen LogP contribution is 2.31. The van der Waals surface area contributed by atoms with E-state index in [1.165, 1.54) is 9.21 Å². The number of aryl methyl sites for hydroxylation is 1. The molecule has 2 aromatic carbocycles.